The lowest BCUT2D eigenvalue weighted by Gasteiger charge is -2.33. The number of amides is 2. The van der Waals surface area contributed by atoms with Crippen LogP contribution in [0.4, 0.5) is 10.1 Å². The number of anilines is 1. The van der Waals surface area contributed by atoms with Crippen molar-refractivity contribution in [3.63, 3.8) is 0 Å². The molecule has 6 heteroatoms. The van der Waals surface area contributed by atoms with Gasteiger partial charge in [-0.05, 0) is 31.5 Å². The minimum atomic E-state index is -0.609. The number of rotatable bonds is 1. The van der Waals surface area contributed by atoms with Crippen molar-refractivity contribution in [2.45, 2.75) is 19.9 Å². The van der Waals surface area contributed by atoms with Gasteiger partial charge >= 0.3 is 0 Å². The summed E-state index contributed by atoms with van der Waals surface area (Å²) in [6, 6.07) is 2.17. The van der Waals surface area contributed by atoms with Crippen LogP contribution in [-0.2, 0) is 4.79 Å². The number of piperazine rings is 1. The molecule has 0 spiro atoms. The van der Waals surface area contributed by atoms with Gasteiger partial charge in [0.05, 0.1) is 5.56 Å². The van der Waals surface area contributed by atoms with Crippen LogP contribution in [0, 0.1) is 12.7 Å². The van der Waals surface area contributed by atoms with Gasteiger partial charge in [-0.3, -0.25) is 9.59 Å². The second kappa shape index (κ2) is 4.87. The van der Waals surface area contributed by atoms with Gasteiger partial charge in [0.15, 0.2) is 0 Å². The molecule has 0 aromatic heterocycles. The largest absolute Gasteiger partial charge is 0.399 e. The second-order valence-electron chi connectivity index (χ2n) is 4.66. The zero-order valence-electron chi connectivity index (χ0n) is 10.9. The van der Waals surface area contributed by atoms with E-state index in [1.807, 2.05) is 0 Å². The number of nitrogens with two attached hydrogens (primary N) is 1. The topological polar surface area (TPSA) is 75.4 Å². The number of nitrogen functional groups attached to an aromatic ring is 1. The highest BCUT2D eigenvalue weighted by Crippen LogP contribution is 2.20. The molecule has 1 fully saturated rings. The highest BCUT2D eigenvalue weighted by Gasteiger charge is 2.31. The summed E-state index contributed by atoms with van der Waals surface area (Å²) in [4.78, 5) is 25.2. The molecule has 19 heavy (non-hydrogen) atoms. The van der Waals surface area contributed by atoms with Gasteiger partial charge in [-0.25, -0.2) is 4.39 Å². The van der Waals surface area contributed by atoms with Crippen LogP contribution in [-0.4, -0.2) is 35.8 Å². The van der Waals surface area contributed by atoms with Crippen molar-refractivity contribution in [1.82, 2.24) is 10.2 Å². The quantitative estimate of drug-likeness (QED) is 0.733. The van der Waals surface area contributed by atoms with Crippen molar-refractivity contribution in [3.8, 4) is 0 Å². The fraction of sp³-hybridized carbons (Fsp3) is 0.385. The van der Waals surface area contributed by atoms with Crippen LogP contribution in [0.2, 0.25) is 0 Å². The smallest absolute Gasteiger partial charge is 0.257 e. The first-order valence-electron chi connectivity index (χ1n) is 6.06. The molecule has 1 heterocycles. The molecule has 0 bridgehead atoms. The molecule has 0 saturated carbocycles. The fourth-order valence-electron chi connectivity index (χ4n) is 2.17. The average Bonchev–Trinajstić information content (AvgIpc) is 2.36. The Hall–Kier alpha value is -2.11. The van der Waals surface area contributed by atoms with E-state index in [0.29, 0.717) is 24.3 Å². The summed E-state index contributed by atoms with van der Waals surface area (Å²) in [5.41, 5.74) is 6.20. The van der Waals surface area contributed by atoms with Crippen LogP contribution in [0.15, 0.2) is 12.1 Å². The number of carbonyl (C=O) groups excluding carboxylic acids is 2. The van der Waals surface area contributed by atoms with Gasteiger partial charge < -0.3 is 16.0 Å². The number of halogens is 1. The molecule has 0 aliphatic carbocycles. The number of benzene rings is 1. The van der Waals surface area contributed by atoms with Crippen LogP contribution >= 0.6 is 0 Å². The number of carbonyl (C=O) groups is 2. The molecular formula is C13H16FN3O2. The Labute approximate surface area is 110 Å². The number of nitrogens with zero attached hydrogens (tertiary/aromatic N) is 1. The Morgan fingerprint density at radius 1 is 1.53 bits per heavy atom. The van der Waals surface area contributed by atoms with Gasteiger partial charge in [0.1, 0.15) is 11.9 Å². The minimum Gasteiger partial charge on any atom is -0.399 e. The predicted molar refractivity (Wildman–Crippen MR) is 69.1 cm³/mol. The molecule has 1 saturated heterocycles. The average molecular weight is 265 g/mol. The van der Waals surface area contributed by atoms with Crippen molar-refractivity contribution < 1.29 is 14.0 Å². The summed E-state index contributed by atoms with van der Waals surface area (Å²) < 4.78 is 14.0. The molecule has 5 nitrogen and oxygen atoms in total. The highest BCUT2D eigenvalue weighted by atomic mass is 19.1. The molecular weight excluding hydrogens is 249 g/mol. The molecule has 1 atom stereocenters. The Morgan fingerprint density at radius 3 is 2.89 bits per heavy atom. The predicted octanol–water partition coefficient (Wildman–Crippen LogP) is 0.677. The van der Waals surface area contributed by atoms with Crippen molar-refractivity contribution >= 4 is 17.5 Å². The first kappa shape index (κ1) is 13.3. The van der Waals surface area contributed by atoms with Crippen LogP contribution in [0.25, 0.3) is 0 Å². The second-order valence-corrected chi connectivity index (χ2v) is 4.66. The van der Waals surface area contributed by atoms with Gasteiger partial charge in [-0.1, -0.05) is 0 Å². The summed E-state index contributed by atoms with van der Waals surface area (Å²) in [7, 11) is 0. The Bertz CT molecular complexity index is 545. The summed E-state index contributed by atoms with van der Waals surface area (Å²) in [6.07, 6.45) is 0. The minimum absolute atomic E-state index is 0.0842. The van der Waals surface area contributed by atoms with E-state index >= 15 is 0 Å². The fourth-order valence-corrected chi connectivity index (χ4v) is 2.17. The normalized spacial score (nSPS) is 19.2. The van der Waals surface area contributed by atoms with Crippen molar-refractivity contribution in [2.24, 2.45) is 0 Å². The molecule has 102 valence electrons. The lowest BCUT2D eigenvalue weighted by molar-refractivity contribution is -0.127. The molecule has 0 radical (unpaired) electrons. The van der Waals surface area contributed by atoms with E-state index in [9.17, 15) is 14.0 Å². The maximum atomic E-state index is 14.0. The number of nitrogens with one attached hydrogen (secondary N) is 1. The number of aryl methyl sites for hydroxylation is 1. The maximum absolute atomic E-state index is 14.0. The van der Waals surface area contributed by atoms with Gasteiger partial charge in [-0.15, -0.1) is 0 Å². The van der Waals surface area contributed by atoms with Crippen molar-refractivity contribution in [1.29, 1.82) is 0 Å². The van der Waals surface area contributed by atoms with Crippen molar-refractivity contribution in [3.05, 3.63) is 29.1 Å². The van der Waals surface area contributed by atoms with E-state index in [4.69, 9.17) is 5.73 Å². The third kappa shape index (κ3) is 2.38. The molecule has 1 unspecified atom stereocenters. The summed E-state index contributed by atoms with van der Waals surface area (Å²) in [6.45, 7) is 3.90. The van der Waals surface area contributed by atoms with Crippen molar-refractivity contribution in [2.75, 3.05) is 18.8 Å². The first-order chi connectivity index (χ1) is 8.91. The zero-order chi connectivity index (χ0) is 14.2. The number of hydrogen-bond acceptors (Lipinski definition) is 3. The van der Waals surface area contributed by atoms with Crippen LogP contribution in [0.3, 0.4) is 0 Å². The van der Waals surface area contributed by atoms with Gasteiger partial charge in [0.25, 0.3) is 5.91 Å². The lowest BCUT2D eigenvalue weighted by atomic mass is 10.1. The van der Waals surface area contributed by atoms with E-state index in [2.05, 4.69) is 5.32 Å². The Kier molecular flexibility index (Phi) is 3.42. The molecule has 1 aromatic rings. The third-order valence-electron chi connectivity index (χ3n) is 3.27. The first-order valence-corrected chi connectivity index (χ1v) is 6.06. The highest BCUT2D eigenvalue weighted by molar-refractivity contribution is 5.99. The molecule has 1 aliphatic rings. The van der Waals surface area contributed by atoms with Crippen LogP contribution in [0.5, 0.6) is 0 Å². The lowest BCUT2D eigenvalue weighted by Crippen LogP contribution is -2.56. The maximum Gasteiger partial charge on any atom is 0.257 e. The van der Waals surface area contributed by atoms with Gasteiger partial charge in [0, 0.05) is 18.8 Å². The van der Waals surface area contributed by atoms with Crippen LogP contribution in [0.1, 0.15) is 22.8 Å². The van der Waals surface area contributed by atoms with E-state index in [1.54, 1.807) is 13.8 Å². The number of hydrogen-bond donors (Lipinski definition) is 2. The third-order valence-corrected chi connectivity index (χ3v) is 3.27. The summed E-state index contributed by atoms with van der Waals surface area (Å²) in [5, 5.41) is 2.65. The van der Waals surface area contributed by atoms with Gasteiger partial charge in [0.2, 0.25) is 5.91 Å². The van der Waals surface area contributed by atoms with Crippen LogP contribution < -0.4 is 11.1 Å². The molecule has 2 rings (SSSR count). The molecule has 2 amide bonds. The van der Waals surface area contributed by atoms with Gasteiger partial charge in [-0.2, -0.15) is 0 Å². The SMILES string of the molecule is Cc1cc(N)cc(C(=O)N2CCNC(=O)C2C)c1F. The van der Waals surface area contributed by atoms with E-state index in [1.165, 1.54) is 17.0 Å². The zero-order valence-corrected chi connectivity index (χ0v) is 10.9. The van der Waals surface area contributed by atoms with E-state index < -0.39 is 17.8 Å². The molecule has 1 aromatic carbocycles. The summed E-state index contributed by atoms with van der Waals surface area (Å²) in [5.74, 6) is -1.33. The van der Waals surface area contributed by atoms with E-state index in [-0.39, 0.29) is 11.5 Å². The molecule has 3 N–H and O–H groups in total. The summed E-state index contributed by atoms with van der Waals surface area (Å²) >= 11 is 0. The molecule has 1 aliphatic heterocycles. The Morgan fingerprint density at radius 2 is 2.21 bits per heavy atom. The Balaban J connectivity index is 2.36. The standard InChI is InChI=1S/C13H16FN3O2/c1-7-5-9(15)6-10(11(7)14)13(19)17-4-3-16-12(18)8(17)2/h5-6,8H,3-4,15H2,1-2H3,(H,16,18). The van der Waals surface area contributed by atoms with E-state index in [0.717, 1.165) is 0 Å². The monoisotopic (exact) mass is 265 g/mol.